The summed E-state index contributed by atoms with van der Waals surface area (Å²) >= 11 is 1.08. The lowest BCUT2D eigenvalue weighted by Gasteiger charge is -2.15. The first-order valence-electron chi connectivity index (χ1n) is 7.30. The maximum atomic E-state index is 11.5. The Morgan fingerprint density at radius 2 is 2.08 bits per heavy atom. The summed E-state index contributed by atoms with van der Waals surface area (Å²) in [6.45, 7) is 0. The van der Waals surface area contributed by atoms with Crippen molar-refractivity contribution < 1.29 is 19.7 Å². The molecule has 0 atom stereocenters. The smallest absolute Gasteiger partial charge is 0.316 e. The van der Waals surface area contributed by atoms with Crippen molar-refractivity contribution in [3.63, 3.8) is 0 Å². The third-order valence-corrected chi connectivity index (χ3v) is 4.31. The van der Waals surface area contributed by atoms with E-state index in [-0.39, 0.29) is 28.6 Å². The lowest BCUT2D eigenvalue weighted by molar-refractivity contribution is -0.137. The first-order chi connectivity index (χ1) is 12.4. The predicted octanol–water partition coefficient (Wildman–Crippen LogP) is 1.93. The number of nitrogens with zero attached hydrogens (tertiary/aromatic N) is 3. The van der Waals surface area contributed by atoms with E-state index >= 15 is 0 Å². The van der Waals surface area contributed by atoms with Gasteiger partial charge in [0.25, 0.3) is 0 Å². The molecule has 26 heavy (non-hydrogen) atoms. The molecule has 8 nitrogen and oxygen atoms in total. The van der Waals surface area contributed by atoms with E-state index in [0.29, 0.717) is 21.7 Å². The molecule has 0 bridgehead atoms. The number of aromatic hydroxyl groups is 2. The third kappa shape index (κ3) is 4.04. The van der Waals surface area contributed by atoms with Gasteiger partial charge >= 0.3 is 5.97 Å². The first-order valence-corrected chi connectivity index (χ1v) is 8.28. The van der Waals surface area contributed by atoms with E-state index in [1.807, 2.05) is 6.07 Å². The molecule has 9 heteroatoms. The number of thioether (sulfide) groups is 1. The summed E-state index contributed by atoms with van der Waals surface area (Å²) in [7, 11) is 2.82. The largest absolute Gasteiger partial charge is 0.508 e. The summed E-state index contributed by atoms with van der Waals surface area (Å²) in [6.07, 6.45) is 1.48. The fourth-order valence-electron chi connectivity index (χ4n) is 2.29. The maximum Gasteiger partial charge on any atom is 0.316 e. The minimum Gasteiger partial charge on any atom is -0.508 e. The molecule has 0 radical (unpaired) electrons. The number of nitrogen functional groups attached to an aromatic ring is 1. The standard InChI is InChI=1S/C17H16N4O4S/c1-20-7-13-15(9-3-10(22)5-11(23)4-9)12(6-18)16(19)21-17(13)26-8-14(24)25-2/h3-5,7,22-23H,8H2,1-2H3,(H2,19,21). The fraction of sp³-hybridized carbons (Fsp3) is 0.176. The zero-order chi connectivity index (χ0) is 19.3. The number of hydrogen-bond donors (Lipinski definition) is 3. The summed E-state index contributed by atoms with van der Waals surface area (Å²) in [5.41, 5.74) is 7.15. The highest BCUT2D eigenvalue weighted by atomic mass is 32.2. The number of methoxy groups -OCH3 is 1. The quantitative estimate of drug-likeness (QED) is 0.410. The number of aliphatic imine (C=N–C) groups is 1. The summed E-state index contributed by atoms with van der Waals surface area (Å²) in [6, 6.07) is 5.93. The van der Waals surface area contributed by atoms with E-state index in [1.165, 1.54) is 31.5 Å². The zero-order valence-corrected chi connectivity index (χ0v) is 14.9. The van der Waals surface area contributed by atoms with Gasteiger partial charge in [0.15, 0.2) is 0 Å². The summed E-state index contributed by atoms with van der Waals surface area (Å²) in [5.74, 6) is -0.851. The molecule has 4 N–H and O–H groups in total. The minimum atomic E-state index is -0.448. The van der Waals surface area contributed by atoms with E-state index in [2.05, 4.69) is 14.7 Å². The molecule has 0 saturated carbocycles. The number of ether oxygens (including phenoxy) is 1. The Morgan fingerprint density at radius 3 is 2.62 bits per heavy atom. The number of carbonyl (C=O) groups is 1. The third-order valence-electron chi connectivity index (χ3n) is 3.34. The molecule has 0 aliphatic rings. The Morgan fingerprint density at radius 1 is 1.42 bits per heavy atom. The average Bonchev–Trinajstić information content (AvgIpc) is 2.60. The van der Waals surface area contributed by atoms with E-state index < -0.39 is 5.97 Å². The van der Waals surface area contributed by atoms with Crippen molar-refractivity contribution in [1.82, 2.24) is 4.98 Å². The molecular weight excluding hydrogens is 356 g/mol. The van der Waals surface area contributed by atoms with Gasteiger partial charge in [-0.3, -0.25) is 9.79 Å². The normalized spacial score (nSPS) is 10.7. The second-order valence-electron chi connectivity index (χ2n) is 5.07. The monoisotopic (exact) mass is 372 g/mol. The number of nitrogens with two attached hydrogens (primary N) is 1. The molecule has 0 unspecified atom stereocenters. The molecule has 1 aromatic carbocycles. The molecule has 0 saturated heterocycles. The van der Waals surface area contributed by atoms with Crippen LogP contribution < -0.4 is 5.73 Å². The lowest BCUT2D eigenvalue weighted by Crippen LogP contribution is -2.08. The van der Waals surface area contributed by atoms with Crippen LogP contribution in [0.3, 0.4) is 0 Å². The van der Waals surface area contributed by atoms with Gasteiger partial charge in [0, 0.05) is 30.5 Å². The van der Waals surface area contributed by atoms with Gasteiger partial charge < -0.3 is 20.7 Å². The van der Waals surface area contributed by atoms with Gasteiger partial charge in [-0.05, 0) is 17.7 Å². The maximum absolute atomic E-state index is 11.5. The van der Waals surface area contributed by atoms with Crippen molar-refractivity contribution in [1.29, 1.82) is 5.26 Å². The average molecular weight is 372 g/mol. The van der Waals surface area contributed by atoms with Crippen LogP contribution in [-0.2, 0) is 9.53 Å². The van der Waals surface area contributed by atoms with Gasteiger partial charge in [-0.2, -0.15) is 5.26 Å². The molecule has 1 aromatic heterocycles. The molecule has 134 valence electrons. The van der Waals surface area contributed by atoms with E-state index in [9.17, 15) is 20.3 Å². The van der Waals surface area contributed by atoms with Crippen LogP contribution in [0, 0.1) is 11.3 Å². The number of aromatic nitrogens is 1. The summed E-state index contributed by atoms with van der Waals surface area (Å²) < 4.78 is 4.62. The van der Waals surface area contributed by atoms with Crippen molar-refractivity contribution in [2.45, 2.75) is 5.03 Å². The first kappa shape index (κ1) is 19.1. The van der Waals surface area contributed by atoms with Gasteiger partial charge in [-0.25, -0.2) is 4.98 Å². The number of rotatable bonds is 5. The van der Waals surface area contributed by atoms with Crippen molar-refractivity contribution in [3.05, 3.63) is 29.3 Å². The Balaban J connectivity index is 2.76. The van der Waals surface area contributed by atoms with Crippen LogP contribution >= 0.6 is 11.8 Å². The number of phenolic OH excluding ortho intramolecular Hbond substituents is 2. The number of esters is 1. The number of phenols is 2. The van der Waals surface area contributed by atoms with Crippen molar-refractivity contribution >= 4 is 29.8 Å². The Bertz CT molecular complexity index is 902. The van der Waals surface area contributed by atoms with Crippen molar-refractivity contribution in [2.24, 2.45) is 4.99 Å². The minimum absolute atomic E-state index is 0.00980. The van der Waals surface area contributed by atoms with Gasteiger partial charge in [-0.1, -0.05) is 11.8 Å². The van der Waals surface area contributed by atoms with Gasteiger partial charge in [0.05, 0.1) is 12.9 Å². The molecule has 2 rings (SSSR count). The molecule has 0 aliphatic heterocycles. The van der Waals surface area contributed by atoms with Crippen LogP contribution in [0.15, 0.2) is 28.2 Å². The summed E-state index contributed by atoms with van der Waals surface area (Å²) in [4.78, 5) is 19.6. The topological polar surface area (TPSA) is 142 Å². The number of pyridine rings is 1. The highest BCUT2D eigenvalue weighted by Gasteiger charge is 2.21. The van der Waals surface area contributed by atoms with Crippen LogP contribution in [0.5, 0.6) is 11.5 Å². The zero-order valence-electron chi connectivity index (χ0n) is 14.1. The number of anilines is 1. The molecular formula is C17H16N4O4S. The summed E-state index contributed by atoms with van der Waals surface area (Å²) in [5, 5.41) is 29.5. The molecule has 2 aromatic rings. The Hall–Kier alpha value is -3.25. The fourth-order valence-corrected chi connectivity index (χ4v) is 3.14. The Kier molecular flexibility index (Phi) is 6.03. The highest BCUT2D eigenvalue weighted by molar-refractivity contribution is 8.00. The van der Waals surface area contributed by atoms with Gasteiger partial charge in [-0.15, -0.1) is 0 Å². The molecule has 0 fully saturated rings. The van der Waals surface area contributed by atoms with E-state index in [1.54, 1.807) is 7.05 Å². The van der Waals surface area contributed by atoms with Crippen LogP contribution in [0.4, 0.5) is 5.82 Å². The highest BCUT2D eigenvalue weighted by Crippen LogP contribution is 2.37. The van der Waals surface area contributed by atoms with Gasteiger partial charge in [0.2, 0.25) is 0 Å². The Labute approximate surface area is 154 Å². The predicted molar refractivity (Wildman–Crippen MR) is 98.4 cm³/mol. The molecule has 1 heterocycles. The second kappa shape index (κ2) is 8.22. The molecule has 0 spiro atoms. The second-order valence-corrected chi connectivity index (χ2v) is 6.03. The van der Waals surface area contributed by atoms with Crippen LogP contribution in [0.2, 0.25) is 0 Å². The van der Waals surface area contributed by atoms with Crippen LogP contribution in [-0.4, -0.2) is 47.3 Å². The molecule has 0 aliphatic carbocycles. The van der Waals surface area contributed by atoms with Crippen LogP contribution in [0.25, 0.3) is 11.1 Å². The lowest BCUT2D eigenvalue weighted by atomic mass is 9.96. The number of nitriles is 1. The molecule has 0 amide bonds. The van der Waals surface area contributed by atoms with Crippen LogP contribution in [0.1, 0.15) is 11.1 Å². The van der Waals surface area contributed by atoms with Gasteiger partial charge in [0.1, 0.15) is 34.0 Å². The SMILES string of the molecule is CN=Cc1c(SCC(=O)OC)nc(N)c(C#N)c1-c1cc(O)cc(O)c1. The van der Waals surface area contributed by atoms with Crippen molar-refractivity contribution in [3.8, 4) is 28.7 Å². The number of carbonyl (C=O) groups excluding carboxylic acids is 1. The number of benzene rings is 1. The van der Waals surface area contributed by atoms with E-state index in [0.717, 1.165) is 11.8 Å². The van der Waals surface area contributed by atoms with Crippen molar-refractivity contribution in [2.75, 3.05) is 25.6 Å². The van der Waals surface area contributed by atoms with E-state index in [4.69, 9.17) is 5.73 Å². The number of hydrogen-bond acceptors (Lipinski definition) is 9.